The summed E-state index contributed by atoms with van der Waals surface area (Å²) in [4.78, 5) is 0. The Morgan fingerprint density at radius 2 is 1.10 bits per heavy atom. The molecule has 2 aliphatic carbocycles. The molecule has 0 saturated carbocycles. The van der Waals surface area contributed by atoms with Crippen molar-refractivity contribution in [1.82, 2.24) is 0 Å². The second-order valence-electron chi connectivity index (χ2n) is 18.2. The molecule has 4 aromatic rings. The molecule has 0 aliphatic heterocycles. The van der Waals surface area contributed by atoms with Crippen LogP contribution in [0.15, 0.2) is 72.8 Å². The van der Waals surface area contributed by atoms with Crippen LogP contribution in [0.5, 0.6) is 5.75 Å². The quantitative estimate of drug-likeness (QED) is 0.128. The summed E-state index contributed by atoms with van der Waals surface area (Å²) in [6.07, 6.45) is 4.89. The van der Waals surface area contributed by atoms with Crippen LogP contribution in [-0.2, 0) is 23.7 Å². The molecule has 0 saturated heterocycles. The van der Waals surface area contributed by atoms with Crippen molar-refractivity contribution in [2.24, 2.45) is 23.7 Å². The number of nitrogens with one attached hydrogen (secondary N) is 1. The molecule has 0 amide bonds. The summed E-state index contributed by atoms with van der Waals surface area (Å²) in [6.45, 7) is 24.0. The molecule has 0 bridgehead atoms. The Morgan fingerprint density at radius 1 is 0.667 bits per heavy atom. The van der Waals surface area contributed by atoms with Crippen LogP contribution in [0, 0.1) is 23.7 Å². The van der Waals surface area contributed by atoms with Gasteiger partial charge in [0.25, 0.3) is 0 Å². The van der Waals surface area contributed by atoms with E-state index in [9.17, 15) is 0 Å². The van der Waals surface area contributed by atoms with Gasteiger partial charge in [-0.3, -0.25) is 0 Å². The van der Waals surface area contributed by atoms with Crippen molar-refractivity contribution in [3.05, 3.63) is 106 Å². The Balaban J connectivity index is 1.59. The monoisotopic (exact) mass is 796 g/mol. The summed E-state index contributed by atoms with van der Waals surface area (Å²) in [5.74, 6) is 3.75. The molecule has 0 spiro atoms. The maximum atomic E-state index is 6.40. The van der Waals surface area contributed by atoms with Gasteiger partial charge in [0.1, 0.15) is 0 Å². The first-order chi connectivity index (χ1) is 24.1. The van der Waals surface area contributed by atoms with E-state index in [1.807, 2.05) is 7.11 Å². The molecule has 2 aliphatic rings. The van der Waals surface area contributed by atoms with Gasteiger partial charge >= 0.3 is 323 Å². The van der Waals surface area contributed by atoms with E-state index in [0.717, 1.165) is 12.2 Å². The molecule has 6 rings (SSSR count). The number of halogens is 1. The molecular formula is C48H63INO-. The van der Waals surface area contributed by atoms with Crippen LogP contribution in [0.3, 0.4) is 0 Å². The molecule has 0 fully saturated rings. The SMILES string of the molecule is CNc1c(C(C)(C)C)cc2c(c1-c1ccccc1)CC(CC(C)C)C2[I-]C1c2cc(C(C)(C)C)c(OC)c(-c3ccccc3)c2CC1CC(C)C. The van der Waals surface area contributed by atoms with Crippen molar-refractivity contribution in [2.75, 3.05) is 19.5 Å². The molecule has 4 unspecified atom stereocenters. The van der Waals surface area contributed by atoms with Crippen LogP contribution in [0.4, 0.5) is 5.69 Å². The molecule has 4 aromatic carbocycles. The summed E-state index contributed by atoms with van der Waals surface area (Å²) in [6, 6.07) is 27.7. The first kappa shape index (κ1) is 38.0. The molecule has 0 radical (unpaired) electrons. The first-order valence-corrected chi connectivity index (χ1v) is 22.0. The summed E-state index contributed by atoms with van der Waals surface area (Å²) in [7, 11) is 4.02. The van der Waals surface area contributed by atoms with E-state index >= 15 is 0 Å². The van der Waals surface area contributed by atoms with Crippen LogP contribution >= 0.6 is 0 Å². The third-order valence-corrected chi connectivity index (χ3v) is 16.2. The number of anilines is 1. The Kier molecular flexibility index (Phi) is 11.1. The fourth-order valence-electron chi connectivity index (χ4n) is 9.20. The average Bonchev–Trinajstić information content (AvgIpc) is 3.58. The predicted octanol–water partition coefficient (Wildman–Crippen LogP) is 9.97. The summed E-state index contributed by atoms with van der Waals surface area (Å²) in [5, 5.41) is 3.73. The third kappa shape index (κ3) is 7.53. The number of methoxy groups -OCH3 is 1. The van der Waals surface area contributed by atoms with Gasteiger partial charge in [0.2, 0.25) is 0 Å². The number of benzene rings is 4. The van der Waals surface area contributed by atoms with Gasteiger partial charge in [-0.05, 0) is 0 Å². The fourth-order valence-corrected chi connectivity index (χ4v) is 14.2. The van der Waals surface area contributed by atoms with Crippen molar-refractivity contribution in [3.8, 4) is 28.0 Å². The Labute approximate surface area is 320 Å². The normalized spacial score (nSPS) is 20.3. The van der Waals surface area contributed by atoms with Gasteiger partial charge in [-0.25, -0.2) is 0 Å². The van der Waals surface area contributed by atoms with Gasteiger partial charge in [0.05, 0.1) is 0 Å². The van der Waals surface area contributed by atoms with Crippen LogP contribution in [0.25, 0.3) is 22.3 Å². The van der Waals surface area contributed by atoms with Crippen molar-refractivity contribution >= 4 is 5.69 Å². The van der Waals surface area contributed by atoms with E-state index in [0.29, 0.717) is 31.5 Å². The van der Waals surface area contributed by atoms with Gasteiger partial charge in [-0.15, -0.1) is 0 Å². The minimum atomic E-state index is -0.259. The van der Waals surface area contributed by atoms with Crippen LogP contribution in [-0.4, -0.2) is 14.2 Å². The molecule has 0 heterocycles. The number of fused-ring (bicyclic) bond motifs is 2. The topological polar surface area (TPSA) is 21.3 Å². The molecule has 3 heteroatoms. The Morgan fingerprint density at radius 3 is 1.51 bits per heavy atom. The molecule has 274 valence electrons. The second-order valence-corrected chi connectivity index (χ2v) is 21.6. The third-order valence-electron chi connectivity index (χ3n) is 11.3. The summed E-state index contributed by atoms with van der Waals surface area (Å²) >= 11 is -0.259. The van der Waals surface area contributed by atoms with Gasteiger partial charge in [-0.2, -0.15) is 0 Å². The van der Waals surface area contributed by atoms with Crippen LogP contribution in [0.1, 0.15) is 123 Å². The molecular weight excluding hydrogens is 733 g/mol. The Hall–Kier alpha value is -2.79. The van der Waals surface area contributed by atoms with E-state index < -0.39 is 0 Å². The molecule has 0 aromatic heterocycles. The number of rotatable bonds is 10. The summed E-state index contributed by atoms with van der Waals surface area (Å²) < 4.78 is 7.64. The van der Waals surface area contributed by atoms with Crippen molar-refractivity contribution in [3.63, 3.8) is 0 Å². The van der Waals surface area contributed by atoms with Gasteiger partial charge in [-0.1, -0.05) is 0 Å². The second kappa shape index (κ2) is 14.9. The fraction of sp³-hybridized carbons (Fsp3) is 0.500. The zero-order valence-corrected chi connectivity index (χ0v) is 35.7. The van der Waals surface area contributed by atoms with E-state index in [4.69, 9.17) is 4.74 Å². The summed E-state index contributed by atoms with van der Waals surface area (Å²) in [5.41, 5.74) is 16.1. The van der Waals surface area contributed by atoms with E-state index in [-0.39, 0.29) is 32.0 Å². The first-order valence-electron chi connectivity index (χ1n) is 19.5. The van der Waals surface area contributed by atoms with Gasteiger partial charge in [0.15, 0.2) is 0 Å². The number of hydrogen-bond donors (Lipinski definition) is 1. The van der Waals surface area contributed by atoms with E-state index in [2.05, 4.69) is 154 Å². The van der Waals surface area contributed by atoms with Gasteiger partial charge in [0, 0.05) is 0 Å². The number of hydrogen-bond acceptors (Lipinski definition) is 2. The minimum absolute atomic E-state index is 0.0266. The van der Waals surface area contributed by atoms with Gasteiger partial charge < -0.3 is 0 Å². The van der Waals surface area contributed by atoms with Crippen LogP contribution < -0.4 is 31.3 Å². The number of ether oxygens (including phenoxy) is 1. The molecule has 1 N–H and O–H groups in total. The molecule has 4 atom stereocenters. The Bertz CT molecular complexity index is 1690. The maximum absolute atomic E-state index is 6.40. The zero-order valence-electron chi connectivity index (χ0n) is 33.5. The van der Waals surface area contributed by atoms with E-state index in [1.165, 1.54) is 58.3 Å². The number of alkyl halides is 2. The zero-order chi connectivity index (χ0) is 36.8. The molecule has 2 nitrogen and oxygen atoms in total. The van der Waals surface area contributed by atoms with Crippen molar-refractivity contribution < 1.29 is 25.9 Å². The van der Waals surface area contributed by atoms with Crippen molar-refractivity contribution in [2.45, 2.75) is 114 Å². The van der Waals surface area contributed by atoms with Crippen molar-refractivity contribution in [1.29, 1.82) is 0 Å². The van der Waals surface area contributed by atoms with Crippen LogP contribution in [0.2, 0.25) is 0 Å². The average molecular weight is 797 g/mol. The van der Waals surface area contributed by atoms with E-state index in [1.54, 1.807) is 22.3 Å². The predicted molar refractivity (Wildman–Crippen MR) is 216 cm³/mol. The molecule has 51 heavy (non-hydrogen) atoms. The standard InChI is InChI=1S/C48H63INO/c1-29(2)23-33-25-35-37(27-39(47(5,6)7)45(50-11)41(35)31-19-15-13-16-20-31)43(33)49-44-34(24-30(3)4)26-36-38(44)28-40(48(8,9)10)46(51-12)42(36)32-21-17-14-18-22-32/h13-22,27-30,33-34,43-44,50H,23-26H2,1-12H3/q-1.